The van der Waals surface area contributed by atoms with E-state index in [-0.39, 0.29) is 6.61 Å². The Kier molecular flexibility index (Phi) is 5.72. The van der Waals surface area contributed by atoms with Gasteiger partial charge < -0.3 is 14.0 Å². The highest BCUT2D eigenvalue weighted by molar-refractivity contribution is 5.82. The summed E-state index contributed by atoms with van der Waals surface area (Å²) in [5.41, 5.74) is 1.24. The standard InChI is InChI=1S/C23H23N3O3/c1-26(14-17-7-8-18-5-3-4-6-19(18)13-17)15-23-24-22(25-29-23)16-28-21-11-9-20(27-2)10-12-21/h3-13H,14-16H2,1-2H3. The second kappa shape index (κ2) is 8.75. The second-order valence-corrected chi connectivity index (χ2v) is 6.92. The molecule has 1 aromatic heterocycles. The fraction of sp³-hybridized carbons (Fsp3) is 0.217. The fourth-order valence-corrected chi connectivity index (χ4v) is 3.17. The van der Waals surface area contributed by atoms with Gasteiger partial charge in [0.15, 0.2) is 6.61 Å². The molecule has 29 heavy (non-hydrogen) atoms. The van der Waals surface area contributed by atoms with Gasteiger partial charge in [-0.25, -0.2) is 0 Å². The topological polar surface area (TPSA) is 60.6 Å². The average molecular weight is 389 g/mol. The summed E-state index contributed by atoms with van der Waals surface area (Å²) in [6, 6.07) is 22.3. The van der Waals surface area contributed by atoms with Crippen LogP contribution in [0.5, 0.6) is 11.5 Å². The maximum Gasteiger partial charge on any atom is 0.240 e. The molecule has 148 valence electrons. The average Bonchev–Trinajstić information content (AvgIpc) is 3.19. The molecular weight excluding hydrogens is 366 g/mol. The zero-order valence-electron chi connectivity index (χ0n) is 16.5. The van der Waals surface area contributed by atoms with Crippen molar-refractivity contribution in [3.8, 4) is 11.5 Å². The van der Waals surface area contributed by atoms with Gasteiger partial charge in [-0.3, -0.25) is 4.90 Å². The zero-order valence-corrected chi connectivity index (χ0v) is 16.5. The Hall–Kier alpha value is -3.38. The minimum Gasteiger partial charge on any atom is -0.497 e. The molecule has 0 aliphatic carbocycles. The van der Waals surface area contributed by atoms with Crippen molar-refractivity contribution in [3.63, 3.8) is 0 Å². The summed E-state index contributed by atoms with van der Waals surface area (Å²) in [6.07, 6.45) is 0. The van der Waals surface area contributed by atoms with E-state index in [1.54, 1.807) is 7.11 Å². The normalized spacial score (nSPS) is 11.1. The Morgan fingerprint density at radius 3 is 2.45 bits per heavy atom. The molecule has 0 spiro atoms. The molecule has 4 rings (SSSR count). The second-order valence-electron chi connectivity index (χ2n) is 6.92. The van der Waals surface area contributed by atoms with Crippen LogP contribution in [0.3, 0.4) is 0 Å². The summed E-state index contributed by atoms with van der Waals surface area (Å²) in [4.78, 5) is 6.57. The fourth-order valence-electron chi connectivity index (χ4n) is 3.17. The van der Waals surface area contributed by atoms with E-state index in [4.69, 9.17) is 14.0 Å². The molecule has 0 amide bonds. The molecule has 0 N–H and O–H groups in total. The van der Waals surface area contributed by atoms with Crippen LogP contribution >= 0.6 is 0 Å². The van der Waals surface area contributed by atoms with E-state index in [1.807, 2.05) is 31.3 Å². The Morgan fingerprint density at radius 2 is 1.66 bits per heavy atom. The summed E-state index contributed by atoms with van der Waals surface area (Å²) >= 11 is 0. The van der Waals surface area contributed by atoms with Crippen molar-refractivity contribution in [2.24, 2.45) is 0 Å². The van der Waals surface area contributed by atoms with Crippen LogP contribution in [0.1, 0.15) is 17.3 Å². The van der Waals surface area contributed by atoms with Gasteiger partial charge in [-0.2, -0.15) is 4.98 Å². The Balaban J connectivity index is 1.31. The molecule has 6 heteroatoms. The molecule has 6 nitrogen and oxygen atoms in total. The Labute approximate surface area is 169 Å². The first kappa shape index (κ1) is 19.0. The van der Waals surface area contributed by atoms with Crippen molar-refractivity contribution in [1.29, 1.82) is 0 Å². The number of methoxy groups -OCH3 is 1. The highest BCUT2D eigenvalue weighted by Crippen LogP contribution is 2.19. The summed E-state index contributed by atoms with van der Waals surface area (Å²) in [5, 5.41) is 6.50. The number of ether oxygens (including phenoxy) is 2. The molecule has 0 bridgehead atoms. The number of hydrogen-bond donors (Lipinski definition) is 0. The van der Waals surface area contributed by atoms with Crippen molar-refractivity contribution in [2.45, 2.75) is 19.7 Å². The van der Waals surface area contributed by atoms with Crippen molar-refractivity contribution >= 4 is 10.8 Å². The van der Waals surface area contributed by atoms with Crippen LogP contribution in [-0.2, 0) is 19.7 Å². The summed E-state index contributed by atoms with van der Waals surface area (Å²) in [7, 11) is 3.67. The third kappa shape index (κ3) is 4.92. The van der Waals surface area contributed by atoms with Crippen LogP contribution in [-0.4, -0.2) is 29.2 Å². The predicted octanol–water partition coefficient (Wildman–Crippen LogP) is 4.44. The lowest BCUT2D eigenvalue weighted by Crippen LogP contribution is -2.17. The number of benzene rings is 3. The number of aromatic nitrogens is 2. The summed E-state index contributed by atoms with van der Waals surface area (Å²) in [5.74, 6) is 2.61. The molecule has 0 radical (unpaired) electrons. The van der Waals surface area contributed by atoms with Gasteiger partial charge in [0.05, 0.1) is 13.7 Å². The van der Waals surface area contributed by atoms with Crippen LogP contribution in [0.15, 0.2) is 71.3 Å². The van der Waals surface area contributed by atoms with Crippen molar-refractivity contribution in [2.75, 3.05) is 14.2 Å². The minimum absolute atomic E-state index is 0.254. The molecule has 0 aliphatic rings. The lowest BCUT2D eigenvalue weighted by Gasteiger charge is -2.14. The molecule has 0 atom stereocenters. The molecule has 4 aromatic rings. The Bertz CT molecular complexity index is 1080. The molecule has 0 aliphatic heterocycles. The van der Waals surface area contributed by atoms with Gasteiger partial charge in [0.25, 0.3) is 0 Å². The van der Waals surface area contributed by atoms with Crippen molar-refractivity contribution < 1.29 is 14.0 Å². The van der Waals surface area contributed by atoms with E-state index >= 15 is 0 Å². The maximum atomic E-state index is 5.69. The van der Waals surface area contributed by atoms with Crippen molar-refractivity contribution in [3.05, 3.63) is 84.0 Å². The van der Waals surface area contributed by atoms with Crippen LogP contribution in [0, 0.1) is 0 Å². The molecule has 0 saturated carbocycles. The van der Waals surface area contributed by atoms with E-state index in [1.165, 1.54) is 16.3 Å². The highest BCUT2D eigenvalue weighted by Gasteiger charge is 2.10. The van der Waals surface area contributed by atoms with Gasteiger partial charge in [0.2, 0.25) is 11.7 Å². The van der Waals surface area contributed by atoms with E-state index in [2.05, 4.69) is 57.5 Å². The summed E-state index contributed by atoms with van der Waals surface area (Å²) < 4.78 is 16.2. The van der Waals surface area contributed by atoms with Gasteiger partial charge >= 0.3 is 0 Å². The number of nitrogens with zero attached hydrogens (tertiary/aromatic N) is 3. The Morgan fingerprint density at radius 1 is 0.897 bits per heavy atom. The van der Waals surface area contributed by atoms with Gasteiger partial charge in [0, 0.05) is 6.54 Å². The molecule has 3 aromatic carbocycles. The number of hydrogen-bond acceptors (Lipinski definition) is 6. The number of fused-ring (bicyclic) bond motifs is 1. The van der Waals surface area contributed by atoms with Gasteiger partial charge in [-0.1, -0.05) is 41.6 Å². The quantitative estimate of drug-likeness (QED) is 0.444. The maximum absolute atomic E-state index is 5.69. The molecular formula is C23H23N3O3. The predicted molar refractivity (Wildman–Crippen MR) is 111 cm³/mol. The SMILES string of the molecule is COc1ccc(OCc2noc(CN(C)Cc3ccc4ccccc4c3)n2)cc1. The molecule has 0 unspecified atom stereocenters. The lowest BCUT2D eigenvalue weighted by molar-refractivity contribution is 0.256. The van der Waals surface area contributed by atoms with Gasteiger partial charge in [0.1, 0.15) is 11.5 Å². The van der Waals surface area contributed by atoms with Crippen LogP contribution in [0.4, 0.5) is 0 Å². The van der Waals surface area contributed by atoms with E-state index in [0.29, 0.717) is 18.3 Å². The third-order valence-electron chi connectivity index (χ3n) is 4.61. The van der Waals surface area contributed by atoms with E-state index in [9.17, 15) is 0 Å². The number of rotatable bonds is 8. The first-order chi connectivity index (χ1) is 14.2. The third-order valence-corrected chi connectivity index (χ3v) is 4.61. The lowest BCUT2D eigenvalue weighted by atomic mass is 10.1. The first-order valence-corrected chi connectivity index (χ1v) is 9.44. The molecule has 1 heterocycles. The van der Waals surface area contributed by atoms with Gasteiger partial charge in [-0.15, -0.1) is 0 Å². The highest BCUT2D eigenvalue weighted by atomic mass is 16.5. The largest absolute Gasteiger partial charge is 0.497 e. The van der Waals surface area contributed by atoms with E-state index in [0.717, 1.165) is 18.0 Å². The van der Waals surface area contributed by atoms with Crippen LogP contribution in [0.25, 0.3) is 10.8 Å². The zero-order chi connectivity index (χ0) is 20.1. The van der Waals surface area contributed by atoms with Crippen LogP contribution < -0.4 is 9.47 Å². The van der Waals surface area contributed by atoms with Crippen LogP contribution in [0.2, 0.25) is 0 Å². The molecule has 0 saturated heterocycles. The monoisotopic (exact) mass is 389 g/mol. The van der Waals surface area contributed by atoms with E-state index < -0.39 is 0 Å². The first-order valence-electron chi connectivity index (χ1n) is 9.44. The minimum atomic E-state index is 0.254. The molecule has 0 fully saturated rings. The summed E-state index contributed by atoms with van der Waals surface area (Å²) in [6.45, 7) is 1.62. The smallest absolute Gasteiger partial charge is 0.240 e. The van der Waals surface area contributed by atoms with Crippen molar-refractivity contribution in [1.82, 2.24) is 15.0 Å². The van der Waals surface area contributed by atoms with Gasteiger partial charge in [-0.05, 0) is 53.7 Å².